The van der Waals surface area contributed by atoms with Crippen molar-refractivity contribution in [3.8, 4) is 11.5 Å². The predicted molar refractivity (Wildman–Crippen MR) is 110 cm³/mol. The maximum Gasteiger partial charge on any atom is 0.315 e. The summed E-state index contributed by atoms with van der Waals surface area (Å²) in [5, 5.41) is 11.8. The van der Waals surface area contributed by atoms with Crippen LogP contribution in [0, 0.1) is 0 Å². The average Bonchev–Trinajstić information content (AvgIpc) is 2.72. The van der Waals surface area contributed by atoms with E-state index < -0.39 is 5.56 Å². The highest BCUT2D eigenvalue weighted by Crippen LogP contribution is 2.30. The first-order valence-corrected chi connectivity index (χ1v) is 9.50. The second kappa shape index (κ2) is 8.85. The molecular weight excluding hydrogens is 402 g/mol. The Labute approximate surface area is 170 Å². The van der Waals surface area contributed by atoms with Crippen LogP contribution in [0.1, 0.15) is 5.56 Å². The summed E-state index contributed by atoms with van der Waals surface area (Å²) in [5.74, 6) is 7.49. The van der Waals surface area contributed by atoms with Gasteiger partial charge in [0.15, 0.2) is 11.5 Å². The largest absolute Gasteiger partial charge is 0.493 e. The Morgan fingerprint density at radius 1 is 1.14 bits per heavy atom. The number of nitrogens with one attached hydrogen (secondary N) is 1. The number of halogens is 1. The summed E-state index contributed by atoms with van der Waals surface area (Å²) in [6.07, 6.45) is 0. The van der Waals surface area contributed by atoms with Crippen LogP contribution in [0.3, 0.4) is 0 Å². The van der Waals surface area contributed by atoms with Gasteiger partial charge < -0.3 is 20.6 Å². The molecule has 0 spiro atoms. The van der Waals surface area contributed by atoms with Crippen LogP contribution in [-0.2, 0) is 5.75 Å². The second-order valence-corrected chi connectivity index (χ2v) is 6.93. The van der Waals surface area contributed by atoms with Gasteiger partial charge >= 0.3 is 5.56 Å². The molecule has 0 fully saturated rings. The summed E-state index contributed by atoms with van der Waals surface area (Å²) in [6, 6.07) is 12.6. The molecule has 0 saturated heterocycles. The zero-order valence-electron chi connectivity index (χ0n) is 15.2. The average molecular weight is 420 g/mol. The molecule has 1 aromatic heterocycles. The number of thioether (sulfide) groups is 1. The topological polar surface area (TPSA) is 104 Å². The molecule has 0 bridgehead atoms. The van der Waals surface area contributed by atoms with Crippen molar-refractivity contribution in [2.45, 2.75) is 10.9 Å². The summed E-state index contributed by atoms with van der Waals surface area (Å²) in [6.45, 7) is 0. The maximum atomic E-state index is 12.5. The zero-order valence-corrected chi connectivity index (χ0v) is 16.8. The Kier molecular flexibility index (Phi) is 6.27. The lowest BCUT2D eigenvalue weighted by Crippen LogP contribution is -2.32. The minimum atomic E-state index is -0.508. The van der Waals surface area contributed by atoms with Crippen LogP contribution in [0.15, 0.2) is 52.4 Å². The fourth-order valence-corrected chi connectivity index (χ4v) is 3.51. The first kappa shape index (κ1) is 19.8. The van der Waals surface area contributed by atoms with Crippen molar-refractivity contribution in [2.24, 2.45) is 0 Å². The maximum absolute atomic E-state index is 12.5. The molecule has 0 radical (unpaired) electrons. The number of ether oxygens (including phenoxy) is 2. The lowest BCUT2D eigenvalue weighted by Gasteiger charge is -2.11. The highest BCUT2D eigenvalue weighted by atomic mass is 35.5. The first-order valence-electron chi connectivity index (χ1n) is 8.13. The number of hydrogen-bond acceptors (Lipinski definition) is 8. The van der Waals surface area contributed by atoms with Gasteiger partial charge in [-0.05, 0) is 23.8 Å². The van der Waals surface area contributed by atoms with Crippen molar-refractivity contribution >= 4 is 34.9 Å². The van der Waals surface area contributed by atoms with Crippen LogP contribution in [0.25, 0.3) is 0 Å². The molecule has 8 nitrogen and oxygen atoms in total. The van der Waals surface area contributed by atoms with Crippen molar-refractivity contribution in [1.29, 1.82) is 0 Å². The van der Waals surface area contributed by atoms with Crippen molar-refractivity contribution < 1.29 is 9.47 Å². The van der Waals surface area contributed by atoms with E-state index in [2.05, 4.69) is 15.5 Å². The first-order chi connectivity index (χ1) is 13.5. The van der Waals surface area contributed by atoms with Gasteiger partial charge in [-0.25, -0.2) is 0 Å². The molecule has 28 heavy (non-hydrogen) atoms. The molecule has 2 aromatic carbocycles. The van der Waals surface area contributed by atoms with Gasteiger partial charge in [-0.15, -0.1) is 10.2 Å². The number of hydrogen-bond donors (Lipinski definition) is 2. The zero-order chi connectivity index (χ0) is 20.1. The van der Waals surface area contributed by atoms with Crippen LogP contribution >= 0.6 is 23.4 Å². The summed E-state index contributed by atoms with van der Waals surface area (Å²) in [5.41, 5.74) is 0.989. The number of anilines is 2. The van der Waals surface area contributed by atoms with E-state index >= 15 is 0 Å². The standard InChI is InChI=1S/C18H18ClN5O3S/c1-26-14-8-7-12(9-15(14)27-2)21-16-17(25)24(20)18(23-22-16)28-10-11-5-3-4-6-13(11)19/h3-9H,10,20H2,1-2H3,(H,21,22). The normalized spacial score (nSPS) is 10.5. The number of rotatable bonds is 7. The van der Waals surface area contributed by atoms with E-state index in [4.69, 9.17) is 26.9 Å². The van der Waals surface area contributed by atoms with Crippen LogP contribution in [-0.4, -0.2) is 29.1 Å². The molecule has 0 amide bonds. The van der Waals surface area contributed by atoms with Crippen molar-refractivity contribution in [2.75, 3.05) is 25.4 Å². The molecule has 3 aromatic rings. The van der Waals surface area contributed by atoms with Gasteiger partial charge in [0, 0.05) is 22.5 Å². The fourth-order valence-electron chi connectivity index (χ4n) is 2.37. The third kappa shape index (κ3) is 4.32. The summed E-state index contributed by atoms with van der Waals surface area (Å²) >= 11 is 7.42. The Morgan fingerprint density at radius 2 is 1.89 bits per heavy atom. The van der Waals surface area contributed by atoms with Crippen LogP contribution in [0.4, 0.5) is 11.5 Å². The fraction of sp³-hybridized carbons (Fsp3) is 0.167. The van der Waals surface area contributed by atoms with E-state index in [-0.39, 0.29) is 11.0 Å². The second-order valence-electron chi connectivity index (χ2n) is 5.58. The number of nitrogens with two attached hydrogens (primary N) is 1. The monoisotopic (exact) mass is 419 g/mol. The van der Waals surface area contributed by atoms with Crippen LogP contribution < -0.4 is 26.2 Å². The minimum absolute atomic E-state index is 0.00295. The third-order valence-electron chi connectivity index (χ3n) is 3.82. The molecule has 0 atom stereocenters. The van der Waals surface area contributed by atoms with Gasteiger partial charge in [-0.2, -0.15) is 4.68 Å². The van der Waals surface area contributed by atoms with Crippen molar-refractivity contribution in [3.05, 3.63) is 63.4 Å². The summed E-state index contributed by atoms with van der Waals surface area (Å²) in [7, 11) is 3.07. The van der Waals surface area contributed by atoms with E-state index in [1.807, 2.05) is 18.2 Å². The number of methoxy groups -OCH3 is 2. The van der Waals surface area contributed by atoms with Crippen molar-refractivity contribution in [3.63, 3.8) is 0 Å². The minimum Gasteiger partial charge on any atom is -0.493 e. The Morgan fingerprint density at radius 3 is 2.61 bits per heavy atom. The molecule has 0 aliphatic rings. The van der Waals surface area contributed by atoms with Gasteiger partial charge in [0.25, 0.3) is 0 Å². The molecule has 0 aliphatic carbocycles. The van der Waals surface area contributed by atoms with E-state index in [9.17, 15) is 4.79 Å². The Hall–Kier alpha value is -2.91. The van der Waals surface area contributed by atoms with E-state index in [1.54, 1.807) is 31.4 Å². The lowest BCUT2D eigenvalue weighted by atomic mass is 10.2. The van der Waals surface area contributed by atoms with Gasteiger partial charge in [-0.1, -0.05) is 41.6 Å². The number of benzene rings is 2. The quantitative estimate of drug-likeness (QED) is 0.444. The molecule has 0 unspecified atom stereocenters. The number of aromatic nitrogens is 3. The molecule has 3 N–H and O–H groups in total. The number of nitrogen functional groups attached to an aromatic ring is 1. The molecule has 0 aliphatic heterocycles. The smallest absolute Gasteiger partial charge is 0.315 e. The summed E-state index contributed by atoms with van der Waals surface area (Å²) < 4.78 is 11.4. The van der Waals surface area contributed by atoms with Crippen molar-refractivity contribution in [1.82, 2.24) is 14.9 Å². The predicted octanol–water partition coefficient (Wildman–Crippen LogP) is 3.06. The van der Waals surface area contributed by atoms with E-state index in [0.717, 1.165) is 10.2 Å². The SMILES string of the molecule is COc1ccc(Nc2nnc(SCc3ccccc3Cl)n(N)c2=O)cc1OC. The summed E-state index contributed by atoms with van der Waals surface area (Å²) in [4.78, 5) is 12.5. The highest BCUT2D eigenvalue weighted by Gasteiger charge is 2.13. The van der Waals surface area contributed by atoms with Gasteiger partial charge in [0.2, 0.25) is 11.0 Å². The lowest BCUT2D eigenvalue weighted by molar-refractivity contribution is 0.355. The molecule has 10 heteroatoms. The third-order valence-corrected chi connectivity index (χ3v) is 5.18. The van der Waals surface area contributed by atoms with Gasteiger partial charge in [0.1, 0.15) is 0 Å². The Balaban J connectivity index is 1.79. The van der Waals surface area contributed by atoms with E-state index in [0.29, 0.717) is 28.0 Å². The molecule has 0 saturated carbocycles. The highest BCUT2D eigenvalue weighted by molar-refractivity contribution is 7.98. The molecule has 3 rings (SSSR count). The van der Waals surface area contributed by atoms with Gasteiger partial charge in [-0.3, -0.25) is 4.79 Å². The van der Waals surface area contributed by atoms with Crippen LogP contribution in [0.2, 0.25) is 5.02 Å². The van der Waals surface area contributed by atoms with E-state index in [1.165, 1.54) is 18.9 Å². The Bertz CT molecular complexity index is 1040. The van der Waals surface area contributed by atoms with Gasteiger partial charge in [0.05, 0.1) is 14.2 Å². The van der Waals surface area contributed by atoms with Crippen LogP contribution in [0.5, 0.6) is 11.5 Å². The molecule has 146 valence electrons. The molecular formula is C18H18ClN5O3S. The molecule has 1 heterocycles. The number of nitrogens with zero attached hydrogens (tertiary/aromatic N) is 3.